The van der Waals surface area contributed by atoms with Crippen molar-refractivity contribution in [2.75, 3.05) is 19.6 Å². The third-order valence-corrected chi connectivity index (χ3v) is 7.24. The van der Waals surface area contributed by atoms with E-state index in [1.807, 2.05) is 48.7 Å². The minimum absolute atomic E-state index is 0.235. The predicted molar refractivity (Wildman–Crippen MR) is 128 cm³/mol. The van der Waals surface area contributed by atoms with Gasteiger partial charge in [-0.3, -0.25) is 9.69 Å². The smallest absolute Gasteiger partial charge is 0.227 e. The number of nitrogens with one attached hydrogen (secondary N) is 1. The minimum Gasteiger partial charge on any atom is -0.487 e. The van der Waals surface area contributed by atoms with Gasteiger partial charge >= 0.3 is 0 Å². The topological polar surface area (TPSA) is 48.6 Å². The van der Waals surface area contributed by atoms with E-state index < -0.39 is 0 Å². The number of benzene rings is 2. The molecule has 0 radical (unpaired) electrons. The molecule has 0 aliphatic carbocycles. The molecule has 5 nitrogen and oxygen atoms in total. The molecule has 2 aliphatic heterocycles. The molecule has 0 unspecified atom stereocenters. The number of hydrogen-bond donors (Lipinski definition) is 1. The molecule has 2 saturated heterocycles. The molecule has 3 heterocycles. The molecule has 2 fully saturated rings. The summed E-state index contributed by atoms with van der Waals surface area (Å²) in [7, 11) is 0. The lowest BCUT2D eigenvalue weighted by molar-refractivity contribution is -0.134. The second kappa shape index (κ2) is 8.99. The normalized spacial score (nSPS) is 22.3. The summed E-state index contributed by atoms with van der Waals surface area (Å²) in [4.78, 5) is 20.9. The Morgan fingerprint density at radius 3 is 2.53 bits per heavy atom. The first-order valence-corrected chi connectivity index (χ1v) is 11.9. The van der Waals surface area contributed by atoms with Crippen molar-refractivity contribution in [3.8, 4) is 5.75 Å². The highest BCUT2D eigenvalue weighted by Crippen LogP contribution is 2.36. The fourth-order valence-corrected chi connectivity index (χ4v) is 5.47. The van der Waals surface area contributed by atoms with Crippen LogP contribution in [0.3, 0.4) is 0 Å². The molecule has 2 aromatic carbocycles. The van der Waals surface area contributed by atoms with Gasteiger partial charge in [0.1, 0.15) is 11.9 Å². The number of likely N-dealkylation sites (tertiary alicyclic amines) is 2. The number of carbonyl (C=O) groups is 1. The van der Waals surface area contributed by atoms with Gasteiger partial charge in [-0.05, 0) is 56.4 Å². The van der Waals surface area contributed by atoms with E-state index in [1.165, 1.54) is 0 Å². The number of aromatic amines is 1. The number of ether oxygens (including phenoxy) is 1. The second-order valence-electron chi connectivity index (χ2n) is 9.50. The van der Waals surface area contributed by atoms with E-state index in [-0.39, 0.29) is 12.0 Å². The largest absolute Gasteiger partial charge is 0.487 e. The fourth-order valence-electron chi connectivity index (χ4n) is 5.47. The maximum atomic E-state index is 13.0. The number of H-pyrrole nitrogens is 1. The highest BCUT2D eigenvalue weighted by atomic mass is 16.5. The van der Waals surface area contributed by atoms with Gasteiger partial charge in [-0.25, -0.2) is 0 Å². The van der Waals surface area contributed by atoms with Crippen molar-refractivity contribution in [1.29, 1.82) is 0 Å². The van der Waals surface area contributed by atoms with E-state index in [9.17, 15) is 4.79 Å². The molecule has 2 aliphatic rings. The zero-order valence-electron chi connectivity index (χ0n) is 19.0. The molecule has 32 heavy (non-hydrogen) atoms. The van der Waals surface area contributed by atoms with Crippen molar-refractivity contribution in [3.05, 3.63) is 66.4 Å². The molecule has 5 heteroatoms. The molecule has 1 aromatic heterocycles. The van der Waals surface area contributed by atoms with Gasteiger partial charge < -0.3 is 14.6 Å². The summed E-state index contributed by atoms with van der Waals surface area (Å²) >= 11 is 0. The Labute approximate surface area is 190 Å². The van der Waals surface area contributed by atoms with E-state index in [1.54, 1.807) is 0 Å². The molecule has 3 aromatic rings. The first-order valence-electron chi connectivity index (χ1n) is 11.9. The van der Waals surface area contributed by atoms with Crippen molar-refractivity contribution < 1.29 is 9.53 Å². The van der Waals surface area contributed by atoms with E-state index in [2.05, 4.69) is 40.8 Å². The summed E-state index contributed by atoms with van der Waals surface area (Å²) in [5.41, 5.74) is 2.19. The second-order valence-corrected chi connectivity index (χ2v) is 9.50. The number of amides is 1. The van der Waals surface area contributed by atoms with Crippen LogP contribution in [0.15, 0.2) is 60.8 Å². The van der Waals surface area contributed by atoms with Crippen LogP contribution < -0.4 is 4.74 Å². The summed E-state index contributed by atoms with van der Waals surface area (Å²) in [6, 6.07) is 19.3. The standard InChI is InChI=1S/C27H33N3O2/c1-19(2)30-18-25(32-22-8-4-3-5-9-22)27(30)20-12-14-29(15-13-20)26(31)16-21-17-28-24-11-7-6-10-23(21)24/h3-11,17,19-20,25,27-28H,12-16,18H2,1-2H3/t25-,27-/m0/s1. The summed E-state index contributed by atoms with van der Waals surface area (Å²) in [6.45, 7) is 7.20. The van der Waals surface area contributed by atoms with Crippen LogP contribution in [0.1, 0.15) is 32.3 Å². The SMILES string of the molecule is CC(C)N1C[C@H](Oc2ccccc2)[C@@H]1C1CCN(C(=O)Cc2c[nH]c3ccccc23)CC1. The van der Waals surface area contributed by atoms with Gasteiger partial charge in [-0.2, -0.15) is 0 Å². The Morgan fingerprint density at radius 1 is 1.06 bits per heavy atom. The lowest BCUT2D eigenvalue weighted by atomic mass is 9.79. The number of piperidine rings is 1. The van der Waals surface area contributed by atoms with Gasteiger partial charge in [-0.15, -0.1) is 0 Å². The highest BCUT2D eigenvalue weighted by molar-refractivity contribution is 5.88. The van der Waals surface area contributed by atoms with Crippen molar-refractivity contribution in [2.45, 2.75) is 51.3 Å². The van der Waals surface area contributed by atoms with Crippen LogP contribution in [0.25, 0.3) is 10.9 Å². The number of nitrogens with zero attached hydrogens (tertiary/aromatic N) is 2. The first-order chi connectivity index (χ1) is 15.6. The van der Waals surface area contributed by atoms with Gasteiger partial charge in [0, 0.05) is 42.8 Å². The van der Waals surface area contributed by atoms with Crippen LogP contribution in [0.2, 0.25) is 0 Å². The van der Waals surface area contributed by atoms with E-state index in [4.69, 9.17) is 4.74 Å². The van der Waals surface area contributed by atoms with Crippen LogP contribution >= 0.6 is 0 Å². The van der Waals surface area contributed by atoms with Crippen molar-refractivity contribution in [2.24, 2.45) is 5.92 Å². The van der Waals surface area contributed by atoms with Crippen LogP contribution in [0.5, 0.6) is 5.75 Å². The fraction of sp³-hybridized carbons (Fsp3) is 0.444. The highest BCUT2D eigenvalue weighted by Gasteiger charge is 2.47. The number of hydrogen-bond acceptors (Lipinski definition) is 3. The Balaban J connectivity index is 1.20. The zero-order chi connectivity index (χ0) is 22.1. The first kappa shape index (κ1) is 21.1. The molecule has 0 bridgehead atoms. The van der Waals surface area contributed by atoms with Crippen LogP contribution in [0, 0.1) is 5.92 Å². The zero-order valence-corrected chi connectivity index (χ0v) is 19.0. The van der Waals surface area contributed by atoms with Gasteiger partial charge in [0.25, 0.3) is 0 Å². The summed E-state index contributed by atoms with van der Waals surface area (Å²) in [6.07, 6.45) is 4.77. The third-order valence-electron chi connectivity index (χ3n) is 7.24. The van der Waals surface area contributed by atoms with Crippen LogP contribution in [0.4, 0.5) is 0 Å². The number of para-hydroxylation sites is 2. The molecular formula is C27H33N3O2. The average molecular weight is 432 g/mol. The van der Waals surface area contributed by atoms with E-state index >= 15 is 0 Å². The number of carbonyl (C=O) groups excluding carboxylic acids is 1. The molecule has 1 amide bonds. The maximum absolute atomic E-state index is 13.0. The predicted octanol–water partition coefficient (Wildman–Crippen LogP) is 4.49. The molecule has 168 valence electrons. The number of rotatable bonds is 6. The Kier molecular flexibility index (Phi) is 5.92. The van der Waals surface area contributed by atoms with Crippen LogP contribution in [-0.4, -0.2) is 58.5 Å². The summed E-state index contributed by atoms with van der Waals surface area (Å²) in [5.74, 6) is 1.76. The quantitative estimate of drug-likeness (QED) is 0.626. The summed E-state index contributed by atoms with van der Waals surface area (Å²) < 4.78 is 6.36. The Morgan fingerprint density at radius 2 is 1.78 bits per heavy atom. The van der Waals surface area contributed by atoms with Crippen molar-refractivity contribution in [1.82, 2.24) is 14.8 Å². The van der Waals surface area contributed by atoms with Gasteiger partial charge in [0.15, 0.2) is 0 Å². The van der Waals surface area contributed by atoms with Crippen LogP contribution in [-0.2, 0) is 11.2 Å². The lowest BCUT2D eigenvalue weighted by Crippen LogP contribution is -2.68. The average Bonchev–Trinajstić information content (AvgIpc) is 3.20. The van der Waals surface area contributed by atoms with Crippen molar-refractivity contribution in [3.63, 3.8) is 0 Å². The molecule has 2 atom stereocenters. The maximum Gasteiger partial charge on any atom is 0.227 e. The van der Waals surface area contributed by atoms with E-state index in [0.29, 0.717) is 24.4 Å². The number of aromatic nitrogens is 1. The minimum atomic E-state index is 0.235. The Hall–Kier alpha value is -2.79. The monoisotopic (exact) mass is 431 g/mol. The third kappa shape index (κ3) is 4.14. The molecule has 1 N–H and O–H groups in total. The summed E-state index contributed by atoms with van der Waals surface area (Å²) in [5, 5.41) is 1.15. The van der Waals surface area contributed by atoms with Gasteiger partial charge in [0.05, 0.1) is 12.5 Å². The molecule has 0 spiro atoms. The van der Waals surface area contributed by atoms with Crippen molar-refractivity contribution >= 4 is 16.8 Å². The lowest BCUT2D eigenvalue weighted by Gasteiger charge is -2.54. The molecule has 5 rings (SSSR count). The number of fused-ring (bicyclic) bond motifs is 1. The van der Waals surface area contributed by atoms with Gasteiger partial charge in [0.2, 0.25) is 5.91 Å². The molecular weight excluding hydrogens is 398 g/mol. The Bertz CT molecular complexity index is 1050. The van der Waals surface area contributed by atoms with Gasteiger partial charge in [-0.1, -0.05) is 36.4 Å². The van der Waals surface area contributed by atoms with E-state index in [0.717, 1.165) is 54.7 Å². The molecule has 0 saturated carbocycles.